The number of nitrogens with zero attached hydrogens (tertiary/aromatic N) is 1. The lowest BCUT2D eigenvalue weighted by molar-refractivity contribution is -0.118. The van der Waals surface area contributed by atoms with Crippen molar-refractivity contribution < 1.29 is 23.5 Å². The number of aromatic nitrogens is 1. The maximum atomic E-state index is 13.0. The molecule has 4 rings (SSSR count). The Bertz CT molecular complexity index is 1040. The number of nitrogens with one attached hydrogen (secondary N) is 1. The Morgan fingerprint density at radius 3 is 2.48 bits per heavy atom. The van der Waals surface area contributed by atoms with Crippen LogP contribution in [0, 0.1) is 0 Å². The van der Waals surface area contributed by atoms with Crippen molar-refractivity contribution in [3.8, 4) is 28.6 Å². The maximum absolute atomic E-state index is 13.0. The lowest BCUT2D eigenvalue weighted by Gasteiger charge is -2.14. The lowest BCUT2D eigenvalue weighted by Crippen LogP contribution is -2.28. The average molecular weight is 394 g/mol. The molecule has 0 radical (unpaired) electrons. The van der Waals surface area contributed by atoms with E-state index in [4.69, 9.17) is 18.7 Å². The molecule has 1 saturated carbocycles. The van der Waals surface area contributed by atoms with E-state index in [1.807, 2.05) is 30.3 Å². The van der Waals surface area contributed by atoms with Crippen LogP contribution in [0.4, 0.5) is 5.69 Å². The molecule has 0 aliphatic heterocycles. The molecular weight excluding hydrogens is 372 g/mol. The number of methoxy groups -OCH3 is 3. The Balaban J connectivity index is 1.55. The van der Waals surface area contributed by atoms with Crippen LogP contribution in [0.2, 0.25) is 0 Å². The highest BCUT2D eigenvalue weighted by molar-refractivity contribution is 6.01. The first-order valence-corrected chi connectivity index (χ1v) is 9.25. The van der Waals surface area contributed by atoms with Crippen LogP contribution < -0.4 is 19.5 Å². The van der Waals surface area contributed by atoms with Gasteiger partial charge in [0.2, 0.25) is 5.91 Å². The fourth-order valence-corrected chi connectivity index (χ4v) is 3.30. The molecule has 1 aromatic heterocycles. The van der Waals surface area contributed by atoms with Crippen molar-refractivity contribution in [1.29, 1.82) is 0 Å². The molecule has 0 bridgehead atoms. The predicted molar refractivity (Wildman–Crippen MR) is 108 cm³/mol. The summed E-state index contributed by atoms with van der Waals surface area (Å²) >= 11 is 0. The number of carbonyl (C=O) groups excluding carboxylic acids is 1. The molecule has 150 valence electrons. The second kappa shape index (κ2) is 7.50. The summed E-state index contributed by atoms with van der Waals surface area (Å²) in [5, 5.41) is 7.15. The van der Waals surface area contributed by atoms with E-state index in [0.717, 1.165) is 24.2 Å². The Hall–Kier alpha value is -3.48. The first-order valence-electron chi connectivity index (χ1n) is 9.25. The van der Waals surface area contributed by atoms with Gasteiger partial charge in [-0.3, -0.25) is 4.79 Å². The van der Waals surface area contributed by atoms with Gasteiger partial charge in [-0.15, -0.1) is 0 Å². The normalized spacial score (nSPS) is 14.2. The van der Waals surface area contributed by atoms with Gasteiger partial charge >= 0.3 is 0 Å². The zero-order chi connectivity index (χ0) is 20.4. The largest absolute Gasteiger partial charge is 0.497 e. The van der Waals surface area contributed by atoms with E-state index < -0.39 is 5.41 Å². The molecule has 1 heterocycles. The van der Waals surface area contributed by atoms with E-state index in [2.05, 4.69) is 10.5 Å². The minimum atomic E-state index is -0.673. The van der Waals surface area contributed by atoms with Crippen molar-refractivity contribution in [1.82, 2.24) is 5.16 Å². The number of benzene rings is 2. The van der Waals surface area contributed by atoms with Crippen LogP contribution in [0.25, 0.3) is 11.3 Å². The molecule has 1 amide bonds. The van der Waals surface area contributed by atoms with Gasteiger partial charge in [0.1, 0.15) is 5.75 Å². The topological polar surface area (TPSA) is 82.8 Å². The van der Waals surface area contributed by atoms with Crippen LogP contribution >= 0.6 is 0 Å². The number of hydrogen-bond acceptors (Lipinski definition) is 6. The highest BCUT2D eigenvalue weighted by Gasteiger charge is 2.53. The summed E-state index contributed by atoms with van der Waals surface area (Å²) in [5.41, 5.74) is 1.44. The Labute approximate surface area is 168 Å². The Morgan fingerprint density at radius 1 is 1.00 bits per heavy atom. The molecule has 3 aromatic rings. The fraction of sp³-hybridized carbons (Fsp3) is 0.273. The summed E-state index contributed by atoms with van der Waals surface area (Å²) in [7, 11) is 4.74. The minimum absolute atomic E-state index is 0.116. The first-order chi connectivity index (χ1) is 14.1. The molecule has 2 aromatic carbocycles. The van der Waals surface area contributed by atoms with E-state index in [-0.39, 0.29) is 5.91 Å². The van der Waals surface area contributed by atoms with Gasteiger partial charge in [0.15, 0.2) is 17.3 Å². The van der Waals surface area contributed by atoms with Crippen LogP contribution in [-0.2, 0) is 10.2 Å². The van der Waals surface area contributed by atoms with Crippen LogP contribution in [0.15, 0.2) is 53.1 Å². The molecule has 7 nitrogen and oxygen atoms in total. The lowest BCUT2D eigenvalue weighted by atomic mass is 10.00. The zero-order valence-corrected chi connectivity index (χ0v) is 16.5. The number of hydrogen-bond donors (Lipinski definition) is 1. The number of amides is 1. The van der Waals surface area contributed by atoms with Gasteiger partial charge < -0.3 is 24.1 Å². The Kier molecular flexibility index (Phi) is 4.88. The van der Waals surface area contributed by atoms with E-state index in [9.17, 15) is 4.79 Å². The molecule has 0 spiro atoms. The van der Waals surface area contributed by atoms with E-state index in [1.54, 1.807) is 39.5 Å². The number of anilines is 1. The zero-order valence-electron chi connectivity index (χ0n) is 16.5. The highest BCUT2D eigenvalue weighted by Crippen LogP contribution is 2.49. The van der Waals surface area contributed by atoms with E-state index in [1.165, 1.54) is 0 Å². The van der Waals surface area contributed by atoms with Crippen LogP contribution in [0.5, 0.6) is 17.2 Å². The second-order valence-corrected chi connectivity index (χ2v) is 6.91. The van der Waals surface area contributed by atoms with Crippen molar-refractivity contribution in [2.24, 2.45) is 0 Å². The van der Waals surface area contributed by atoms with E-state index in [0.29, 0.717) is 28.6 Å². The van der Waals surface area contributed by atoms with Gasteiger partial charge in [-0.1, -0.05) is 17.3 Å². The van der Waals surface area contributed by atoms with Crippen molar-refractivity contribution in [2.45, 2.75) is 18.3 Å². The summed E-state index contributed by atoms with van der Waals surface area (Å²) in [6.07, 6.45) is 1.44. The van der Waals surface area contributed by atoms with Crippen molar-refractivity contribution in [3.63, 3.8) is 0 Å². The van der Waals surface area contributed by atoms with Crippen LogP contribution in [0.1, 0.15) is 18.5 Å². The number of carbonyl (C=O) groups is 1. The van der Waals surface area contributed by atoms with Gasteiger partial charge in [0.05, 0.1) is 32.4 Å². The molecule has 29 heavy (non-hydrogen) atoms. The Morgan fingerprint density at radius 2 is 1.79 bits per heavy atom. The van der Waals surface area contributed by atoms with E-state index >= 15 is 0 Å². The molecule has 0 unspecified atom stereocenters. The van der Waals surface area contributed by atoms with Gasteiger partial charge in [-0.25, -0.2) is 0 Å². The third-order valence-electron chi connectivity index (χ3n) is 5.18. The quantitative estimate of drug-likeness (QED) is 0.651. The highest BCUT2D eigenvalue weighted by atomic mass is 16.5. The minimum Gasteiger partial charge on any atom is -0.497 e. The summed E-state index contributed by atoms with van der Waals surface area (Å²) in [5.74, 6) is 2.37. The molecule has 0 saturated heterocycles. The number of ether oxygens (including phenoxy) is 3. The second-order valence-electron chi connectivity index (χ2n) is 6.91. The molecule has 1 fully saturated rings. The molecular formula is C22H22N2O5. The molecule has 1 N–H and O–H groups in total. The third-order valence-corrected chi connectivity index (χ3v) is 5.18. The molecule has 7 heteroatoms. The van der Waals surface area contributed by atoms with Crippen molar-refractivity contribution in [2.75, 3.05) is 26.6 Å². The van der Waals surface area contributed by atoms with Crippen molar-refractivity contribution >= 4 is 11.6 Å². The molecule has 1 aliphatic carbocycles. The fourth-order valence-electron chi connectivity index (χ4n) is 3.30. The van der Waals surface area contributed by atoms with Gasteiger partial charge in [-0.05, 0) is 37.1 Å². The molecule has 1 aliphatic rings. The summed E-state index contributed by atoms with van der Waals surface area (Å²) in [6, 6.07) is 14.6. The van der Waals surface area contributed by atoms with Crippen molar-refractivity contribution in [3.05, 3.63) is 54.2 Å². The van der Waals surface area contributed by atoms with Gasteiger partial charge in [0.25, 0.3) is 0 Å². The smallest absolute Gasteiger partial charge is 0.236 e. The average Bonchev–Trinajstić information content (AvgIpc) is 3.43. The summed E-state index contributed by atoms with van der Waals surface area (Å²) in [4.78, 5) is 13.0. The van der Waals surface area contributed by atoms with Crippen LogP contribution in [0.3, 0.4) is 0 Å². The number of rotatable bonds is 7. The molecule has 0 atom stereocenters. The van der Waals surface area contributed by atoms with Gasteiger partial charge in [0, 0.05) is 23.4 Å². The first kappa shape index (κ1) is 18.9. The standard InChI is InChI=1S/C22H22N2O5/c1-26-16-6-4-5-14(11-16)18-13-20(24-29-18)22(9-10-22)21(25)23-15-7-8-17(27-2)19(12-15)28-3/h4-8,11-13H,9-10H2,1-3H3,(H,23,25). The van der Waals surface area contributed by atoms with Gasteiger partial charge in [-0.2, -0.15) is 0 Å². The van der Waals surface area contributed by atoms with Crippen LogP contribution in [-0.4, -0.2) is 32.4 Å². The third kappa shape index (κ3) is 3.51. The summed E-state index contributed by atoms with van der Waals surface area (Å²) < 4.78 is 21.3. The summed E-state index contributed by atoms with van der Waals surface area (Å²) in [6.45, 7) is 0. The maximum Gasteiger partial charge on any atom is 0.236 e. The predicted octanol–water partition coefficient (Wildman–Crippen LogP) is 4.04. The monoisotopic (exact) mass is 394 g/mol. The SMILES string of the molecule is COc1cccc(-c2cc(C3(C(=O)Nc4ccc(OC)c(OC)c4)CC3)no2)c1.